The van der Waals surface area contributed by atoms with Crippen molar-refractivity contribution in [1.82, 2.24) is 4.90 Å². The molecule has 0 saturated carbocycles. The molecule has 21 heavy (non-hydrogen) atoms. The molecule has 5 nitrogen and oxygen atoms in total. The first-order chi connectivity index (χ1) is 9.81. The van der Waals surface area contributed by atoms with E-state index < -0.39 is 0 Å². The van der Waals surface area contributed by atoms with Crippen LogP contribution in [0, 0.1) is 13.8 Å². The summed E-state index contributed by atoms with van der Waals surface area (Å²) in [5.41, 5.74) is 4.17. The molecule has 0 saturated heterocycles. The van der Waals surface area contributed by atoms with Crippen LogP contribution in [0.3, 0.4) is 0 Å². The first-order valence-electron chi connectivity index (χ1n) is 6.85. The van der Waals surface area contributed by atoms with Gasteiger partial charge < -0.3 is 10.0 Å². The van der Waals surface area contributed by atoms with Crippen molar-refractivity contribution in [2.24, 2.45) is 5.10 Å². The molecule has 0 aliphatic carbocycles. The monoisotopic (exact) mass is 287 g/mol. The van der Waals surface area contributed by atoms with Crippen molar-refractivity contribution in [2.75, 3.05) is 25.6 Å². The van der Waals surface area contributed by atoms with Crippen molar-refractivity contribution in [3.63, 3.8) is 0 Å². The fraction of sp³-hybridized carbons (Fsp3) is 0.375. The number of carbonyl (C=O) groups is 1. The normalized spacial score (nSPS) is 16.0. The molecule has 0 radical (unpaired) electrons. The predicted octanol–water partition coefficient (Wildman–Crippen LogP) is 2.40. The van der Waals surface area contributed by atoms with Gasteiger partial charge in [0.25, 0.3) is 5.91 Å². The summed E-state index contributed by atoms with van der Waals surface area (Å²) < 4.78 is 0. The zero-order chi connectivity index (χ0) is 15.7. The van der Waals surface area contributed by atoms with Crippen LogP contribution in [0.4, 0.5) is 5.69 Å². The smallest absolute Gasteiger partial charge is 0.259 e. The lowest BCUT2D eigenvalue weighted by atomic mass is 10.1. The fourth-order valence-electron chi connectivity index (χ4n) is 2.31. The number of likely N-dealkylation sites (N-methyl/N-ethyl adjacent to an activating group) is 1. The van der Waals surface area contributed by atoms with Gasteiger partial charge in [0.2, 0.25) is 0 Å². The first kappa shape index (κ1) is 15.1. The van der Waals surface area contributed by atoms with Gasteiger partial charge in [-0.15, -0.1) is 0 Å². The first-order valence-corrected chi connectivity index (χ1v) is 6.85. The summed E-state index contributed by atoms with van der Waals surface area (Å²) in [6, 6.07) is 6.07. The van der Waals surface area contributed by atoms with Crippen molar-refractivity contribution in [3.05, 3.63) is 40.7 Å². The molecule has 0 bridgehead atoms. The summed E-state index contributed by atoms with van der Waals surface area (Å²) in [6.07, 6.45) is 0. The maximum Gasteiger partial charge on any atom is 0.259 e. The molecule has 0 atom stereocenters. The highest BCUT2D eigenvalue weighted by Crippen LogP contribution is 2.21. The van der Waals surface area contributed by atoms with E-state index in [1.54, 1.807) is 19.0 Å². The van der Waals surface area contributed by atoms with E-state index in [-0.39, 0.29) is 18.2 Å². The number of hydrogen-bond donors (Lipinski definition) is 1. The third kappa shape index (κ3) is 2.91. The second-order valence-electron chi connectivity index (χ2n) is 5.46. The minimum Gasteiger partial charge on any atom is -0.510 e. The molecule has 0 aromatic heterocycles. The van der Waals surface area contributed by atoms with E-state index in [1.165, 1.54) is 16.0 Å². The Labute approximate surface area is 125 Å². The second kappa shape index (κ2) is 5.60. The lowest BCUT2D eigenvalue weighted by Crippen LogP contribution is -2.24. The highest BCUT2D eigenvalue weighted by molar-refractivity contribution is 6.22. The molecule has 5 heteroatoms. The van der Waals surface area contributed by atoms with E-state index in [1.807, 2.05) is 32.2 Å². The number of carbonyl (C=O) groups excluding carboxylic acids is 1. The van der Waals surface area contributed by atoms with Gasteiger partial charge in [-0.25, -0.2) is 0 Å². The molecule has 0 unspecified atom stereocenters. The van der Waals surface area contributed by atoms with Crippen molar-refractivity contribution in [1.29, 1.82) is 0 Å². The Hall–Kier alpha value is -2.30. The highest BCUT2D eigenvalue weighted by atomic mass is 16.3. The summed E-state index contributed by atoms with van der Waals surface area (Å²) in [5, 5.41) is 16.0. The summed E-state index contributed by atoms with van der Waals surface area (Å²) in [5.74, 6) is -0.112. The summed E-state index contributed by atoms with van der Waals surface area (Å²) in [6.45, 7) is 6.09. The van der Waals surface area contributed by atoms with Crippen LogP contribution >= 0.6 is 0 Å². The van der Waals surface area contributed by atoms with Crippen LogP contribution in [-0.4, -0.2) is 42.3 Å². The molecule has 1 aromatic rings. The van der Waals surface area contributed by atoms with E-state index >= 15 is 0 Å². The molecule has 0 spiro atoms. The van der Waals surface area contributed by atoms with Crippen molar-refractivity contribution >= 4 is 17.3 Å². The zero-order valence-corrected chi connectivity index (χ0v) is 13.1. The summed E-state index contributed by atoms with van der Waals surface area (Å²) in [4.78, 5) is 13.5. The number of nitrogens with zero attached hydrogens (tertiary/aromatic N) is 3. The Balaban J connectivity index is 2.28. The van der Waals surface area contributed by atoms with Crippen LogP contribution in [-0.2, 0) is 4.79 Å². The van der Waals surface area contributed by atoms with E-state index in [2.05, 4.69) is 12.0 Å². The molecule has 0 fully saturated rings. The van der Waals surface area contributed by atoms with Crippen molar-refractivity contribution in [3.8, 4) is 0 Å². The molecular weight excluding hydrogens is 266 g/mol. The van der Waals surface area contributed by atoms with Crippen LogP contribution in [0.1, 0.15) is 18.1 Å². The van der Waals surface area contributed by atoms with Crippen LogP contribution in [0.25, 0.3) is 0 Å². The number of aryl methyl sites for hydroxylation is 2. The number of benzene rings is 1. The quantitative estimate of drug-likeness (QED) is 0.686. The molecule has 1 aliphatic heterocycles. The molecule has 1 aromatic carbocycles. The van der Waals surface area contributed by atoms with Crippen molar-refractivity contribution < 1.29 is 9.90 Å². The Kier molecular flexibility index (Phi) is 4.02. The maximum atomic E-state index is 12.0. The van der Waals surface area contributed by atoms with Crippen LogP contribution in [0.15, 0.2) is 34.6 Å². The third-order valence-electron chi connectivity index (χ3n) is 3.76. The fourth-order valence-corrected chi connectivity index (χ4v) is 2.31. The Morgan fingerprint density at radius 2 is 2.00 bits per heavy atom. The number of amides is 1. The number of rotatable bonds is 3. The van der Waals surface area contributed by atoms with E-state index in [0.717, 1.165) is 5.69 Å². The Morgan fingerprint density at radius 1 is 1.33 bits per heavy atom. The van der Waals surface area contributed by atoms with Crippen molar-refractivity contribution in [2.45, 2.75) is 20.8 Å². The molecule has 2 rings (SSSR count). The van der Waals surface area contributed by atoms with Gasteiger partial charge in [-0.2, -0.15) is 5.10 Å². The number of anilines is 1. The molecule has 112 valence electrons. The number of aliphatic hydroxyl groups is 1. The van der Waals surface area contributed by atoms with E-state index in [9.17, 15) is 9.90 Å². The number of aliphatic hydroxyl groups excluding tert-OH is 1. The van der Waals surface area contributed by atoms with Crippen LogP contribution in [0.2, 0.25) is 0 Å². The average molecular weight is 287 g/mol. The Bertz CT molecular complexity index is 647. The summed E-state index contributed by atoms with van der Waals surface area (Å²) in [7, 11) is 3.49. The number of hydrogen-bond acceptors (Lipinski definition) is 4. The SMILES string of the molecule is CC(=NN(C)c1ccc(C)c(C)c1)C1=C(O)CN(C)C1=O. The summed E-state index contributed by atoms with van der Waals surface area (Å²) >= 11 is 0. The van der Waals surface area contributed by atoms with Gasteiger partial charge in [0.1, 0.15) is 11.3 Å². The zero-order valence-electron chi connectivity index (χ0n) is 13.1. The predicted molar refractivity (Wildman–Crippen MR) is 84.7 cm³/mol. The van der Waals surface area contributed by atoms with Gasteiger partial charge in [0.05, 0.1) is 17.9 Å². The topological polar surface area (TPSA) is 56.1 Å². The lowest BCUT2D eigenvalue weighted by Gasteiger charge is -2.16. The average Bonchev–Trinajstić information content (AvgIpc) is 2.66. The highest BCUT2D eigenvalue weighted by Gasteiger charge is 2.29. The third-order valence-corrected chi connectivity index (χ3v) is 3.76. The van der Waals surface area contributed by atoms with Crippen LogP contribution < -0.4 is 5.01 Å². The molecular formula is C16H21N3O2. The van der Waals surface area contributed by atoms with Gasteiger partial charge in [0, 0.05) is 14.1 Å². The van der Waals surface area contributed by atoms with Crippen LogP contribution in [0.5, 0.6) is 0 Å². The molecule has 1 N–H and O–H groups in total. The maximum absolute atomic E-state index is 12.0. The standard InChI is InChI=1S/C16H21N3O2/c1-10-6-7-13(8-11(10)2)19(5)17-12(3)15-14(20)9-18(4)16(15)21/h6-8,20H,9H2,1-5H3. The second-order valence-corrected chi connectivity index (χ2v) is 5.46. The minimum atomic E-state index is -0.192. The lowest BCUT2D eigenvalue weighted by molar-refractivity contribution is -0.123. The van der Waals surface area contributed by atoms with Gasteiger partial charge in [-0.1, -0.05) is 6.07 Å². The molecule has 1 aliphatic rings. The molecule has 1 amide bonds. The molecule has 1 heterocycles. The van der Waals surface area contributed by atoms with Gasteiger partial charge >= 0.3 is 0 Å². The van der Waals surface area contributed by atoms with E-state index in [4.69, 9.17) is 0 Å². The number of hydrazone groups is 1. The van der Waals surface area contributed by atoms with Gasteiger partial charge in [-0.05, 0) is 44.0 Å². The Morgan fingerprint density at radius 3 is 2.52 bits per heavy atom. The largest absolute Gasteiger partial charge is 0.510 e. The minimum absolute atomic E-state index is 0.0808. The van der Waals surface area contributed by atoms with Gasteiger partial charge in [-0.3, -0.25) is 9.80 Å². The van der Waals surface area contributed by atoms with Gasteiger partial charge in [0.15, 0.2) is 0 Å². The van der Waals surface area contributed by atoms with E-state index in [0.29, 0.717) is 11.3 Å².